The van der Waals surface area contributed by atoms with Gasteiger partial charge in [-0.1, -0.05) is 18.2 Å². The third-order valence-corrected chi connectivity index (χ3v) is 3.91. The van der Waals surface area contributed by atoms with Crippen molar-refractivity contribution in [3.05, 3.63) is 82.7 Å². The number of phenolic OH excluding ortho intramolecular Hbond substituents is 1. The van der Waals surface area contributed by atoms with E-state index in [0.29, 0.717) is 11.5 Å². The lowest BCUT2D eigenvalue weighted by Gasteiger charge is -2.09. The minimum absolute atomic E-state index is 0.0555. The first-order valence-corrected chi connectivity index (χ1v) is 8.26. The minimum atomic E-state index is -0.766. The molecule has 0 spiro atoms. The molecule has 0 aliphatic heterocycles. The van der Waals surface area contributed by atoms with Crippen LogP contribution in [-0.4, -0.2) is 30.7 Å². The van der Waals surface area contributed by atoms with Gasteiger partial charge in [-0.05, 0) is 30.3 Å². The highest BCUT2D eigenvalue weighted by atomic mass is 16.5. The molecule has 28 heavy (non-hydrogen) atoms. The molecule has 4 rings (SSSR count). The molecule has 9 nitrogen and oxygen atoms in total. The average molecular weight is 378 g/mol. The standard InChI is InChI=1S/C19H14N4O5/c24-15-7-6-13(28-12-4-2-1-3-5-12)10-14(15)19(26)27-11-16-21-22-17-18(25)20-8-9-23(16)17/h1-10,24H,11H2,(H,20,25). The molecule has 0 fully saturated rings. The van der Waals surface area contributed by atoms with Crippen LogP contribution < -0.4 is 10.3 Å². The Labute approximate surface area is 157 Å². The lowest BCUT2D eigenvalue weighted by molar-refractivity contribution is 0.0457. The van der Waals surface area contributed by atoms with Crippen LogP contribution in [0.3, 0.4) is 0 Å². The third kappa shape index (κ3) is 3.40. The number of carbonyl (C=O) groups is 1. The summed E-state index contributed by atoms with van der Waals surface area (Å²) in [5, 5.41) is 17.6. The van der Waals surface area contributed by atoms with E-state index in [9.17, 15) is 14.7 Å². The first-order valence-electron chi connectivity index (χ1n) is 8.26. The van der Waals surface area contributed by atoms with Gasteiger partial charge in [-0.25, -0.2) is 4.79 Å². The fraction of sp³-hybridized carbons (Fsp3) is 0.0526. The second kappa shape index (κ2) is 7.23. The number of carbonyl (C=O) groups excluding carboxylic acids is 1. The van der Waals surface area contributed by atoms with Gasteiger partial charge in [-0.3, -0.25) is 9.20 Å². The molecule has 0 atom stereocenters. The van der Waals surface area contributed by atoms with E-state index in [4.69, 9.17) is 9.47 Å². The van der Waals surface area contributed by atoms with Crippen molar-refractivity contribution >= 4 is 11.6 Å². The Morgan fingerprint density at radius 3 is 2.75 bits per heavy atom. The quantitative estimate of drug-likeness (QED) is 0.511. The van der Waals surface area contributed by atoms with Gasteiger partial charge in [0.1, 0.15) is 22.8 Å². The molecule has 140 valence electrons. The third-order valence-electron chi connectivity index (χ3n) is 3.91. The number of aromatic hydroxyl groups is 1. The maximum Gasteiger partial charge on any atom is 0.342 e. The Bertz CT molecular complexity index is 1200. The number of aromatic amines is 1. The summed E-state index contributed by atoms with van der Waals surface area (Å²) in [6.07, 6.45) is 2.98. The van der Waals surface area contributed by atoms with Gasteiger partial charge in [-0.2, -0.15) is 0 Å². The number of phenols is 1. The fourth-order valence-corrected chi connectivity index (χ4v) is 2.56. The molecule has 2 aromatic carbocycles. The Balaban J connectivity index is 1.52. The van der Waals surface area contributed by atoms with E-state index < -0.39 is 11.5 Å². The molecule has 2 heterocycles. The Kier molecular flexibility index (Phi) is 4.47. The first-order chi connectivity index (χ1) is 13.6. The number of hydrogen-bond donors (Lipinski definition) is 2. The largest absolute Gasteiger partial charge is 0.507 e. The number of ether oxygens (including phenoxy) is 2. The van der Waals surface area contributed by atoms with Crippen molar-refractivity contribution in [1.82, 2.24) is 19.6 Å². The Morgan fingerprint density at radius 2 is 1.93 bits per heavy atom. The fourth-order valence-electron chi connectivity index (χ4n) is 2.56. The van der Waals surface area contributed by atoms with Crippen LogP contribution >= 0.6 is 0 Å². The van der Waals surface area contributed by atoms with E-state index in [1.54, 1.807) is 18.3 Å². The lowest BCUT2D eigenvalue weighted by Crippen LogP contribution is -2.11. The van der Waals surface area contributed by atoms with Crippen LogP contribution in [0, 0.1) is 0 Å². The maximum atomic E-state index is 12.4. The zero-order valence-electron chi connectivity index (χ0n) is 14.4. The first kappa shape index (κ1) is 17.3. The molecule has 2 aromatic heterocycles. The summed E-state index contributed by atoms with van der Waals surface area (Å²) in [4.78, 5) is 26.5. The topological polar surface area (TPSA) is 119 Å². The summed E-state index contributed by atoms with van der Waals surface area (Å²) in [5.41, 5.74) is -0.370. The van der Waals surface area contributed by atoms with E-state index in [2.05, 4.69) is 15.2 Å². The van der Waals surface area contributed by atoms with Crippen molar-refractivity contribution in [2.75, 3.05) is 0 Å². The van der Waals surface area contributed by atoms with Gasteiger partial charge in [0, 0.05) is 12.4 Å². The van der Waals surface area contributed by atoms with E-state index in [-0.39, 0.29) is 29.4 Å². The summed E-state index contributed by atoms with van der Waals surface area (Å²) in [6, 6.07) is 13.3. The molecule has 0 unspecified atom stereocenters. The van der Waals surface area contributed by atoms with Gasteiger partial charge in [0.25, 0.3) is 5.56 Å². The molecule has 0 aliphatic carbocycles. The molecule has 9 heteroatoms. The zero-order chi connectivity index (χ0) is 19.5. The number of nitrogens with zero attached hydrogens (tertiary/aromatic N) is 3. The highest BCUT2D eigenvalue weighted by Crippen LogP contribution is 2.27. The highest BCUT2D eigenvalue weighted by molar-refractivity contribution is 5.92. The van der Waals surface area contributed by atoms with Crippen LogP contribution in [0.25, 0.3) is 5.65 Å². The lowest BCUT2D eigenvalue weighted by atomic mass is 10.2. The molecular formula is C19H14N4O5. The van der Waals surface area contributed by atoms with Crippen LogP contribution in [0.15, 0.2) is 65.7 Å². The van der Waals surface area contributed by atoms with Gasteiger partial charge in [0.15, 0.2) is 12.4 Å². The summed E-state index contributed by atoms with van der Waals surface area (Å²) < 4.78 is 12.3. The molecular weight excluding hydrogens is 364 g/mol. The van der Waals surface area contributed by atoms with Crippen LogP contribution in [0.2, 0.25) is 0 Å². The molecule has 0 radical (unpaired) electrons. The SMILES string of the molecule is O=C(OCc1nnc2c(=O)[nH]ccn12)c1cc(Oc2ccccc2)ccc1O. The number of benzene rings is 2. The number of rotatable bonds is 5. The second-order valence-electron chi connectivity index (χ2n) is 5.77. The number of aromatic nitrogens is 4. The van der Waals surface area contributed by atoms with Crippen LogP contribution in [0.4, 0.5) is 0 Å². The van der Waals surface area contributed by atoms with Crippen molar-refractivity contribution in [2.45, 2.75) is 6.61 Å². The molecule has 0 aliphatic rings. The smallest absolute Gasteiger partial charge is 0.342 e. The number of esters is 1. The number of hydrogen-bond acceptors (Lipinski definition) is 7. The minimum Gasteiger partial charge on any atom is -0.507 e. The van der Waals surface area contributed by atoms with E-state index in [1.165, 1.54) is 28.8 Å². The number of nitrogens with one attached hydrogen (secondary N) is 1. The Hall–Kier alpha value is -4.14. The average Bonchev–Trinajstić information content (AvgIpc) is 3.13. The molecule has 2 N–H and O–H groups in total. The summed E-state index contributed by atoms with van der Waals surface area (Å²) in [5.74, 6) is 0.222. The van der Waals surface area contributed by atoms with Crippen molar-refractivity contribution in [2.24, 2.45) is 0 Å². The van der Waals surface area contributed by atoms with E-state index in [1.807, 2.05) is 18.2 Å². The molecule has 0 amide bonds. The Morgan fingerprint density at radius 1 is 1.11 bits per heavy atom. The van der Waals surface area contributed by atoms with Crippen molar-refractivity contribution in [1.29, 1.82) is 0 Å². The van der Waals surface area contributed by atoms with Crippen molar-refractivity contribution in [3.63, 3.8) is 0 Å². The second-order valence-corrected chi connectivity index (χ2v) is 5.77. The monoisotopic (exact) mass is 378 g/mol. The number of para-hydroxylation sites is 1. The van der Waals surface area contributed by atoms with Crippen molar-refractivity contribution < 1.29 is 19.4 Å². The van der Waals surface area contributed by atoms with Crippen LogP contribution in [0.5, 0.6) is 17.2 Å². The predicted molar refractivity (Wildman–Crippen MR) is 97.4 cm³/mol. The zero-order valence-corrected chi connectivity index (χ0v) is 14.4. The molecule has 0 saturated heterocycles. The summed E-state index contributed by atoms with van der Waals surface area (Å²) >= 11 is 0. The van der Waals surface area contributed by atoms with Gasteiger partial charge >= 0.3 is 5.97 Å². The summed E-state index contributed by atoms with van der Waals surface area (Å²) in [6.45, 7) is -0.230. The number of fused-ring (bicyclic) bond motifs is 1. The van der Waals surface area contributed by atoms with Gasteiger partial charge < -0.3 is 19.6 Å². The van der Waals surface area contributed by atoms with E-state index in [0.717, 1.165) is 0 Å². The van der Waals surface area contributed by atoms with Crippen LogP contribution in [-0.2, 0) is 11.3 Å². The van der Waals surface area contributed by atoms with Crippen molar-refractivity contribution in [3.8, 4) is 17.2 Å². The molecule has 0 bridgehead atoms. The van der Waals surface area contributed by atoms with Gasteiger partial charge in [-0.15, -0.1) is 10.2 Å². The number of H-pyrrole nitrogens is 1. The highest BCUT2D eigenvalue weighted by Gasteiger charge is 2.16. The molecule has 0 saturated carbocycles. The van der Waals surface area contributed by atoms with Gasteiger partial charge in [0.05, 0.1) is 0 Å². The maximum absolute atomic E-state index is 12.4. The van der Waals surface area contributed by atoms with Gasteiger partial charge in [0.2, 0.25) is 5.65 Å². The predicted octanol–water partition coefficient (Wildman–Crippen LogP) is 2.27. The normalized spacial score (nSPS) is 10.7. The van der Waals surface area contributed by atoms with E-state index >= 15 is 0 Å². The van der Waals surface area contributed by atoms with Crippen LogP contribution in [0.1, 0.15) is 16.2 Å². The molecule has 4 aromatic rings. The summed E-state index contributed by atoms with van der Waals surface area (Å²) in [7, 11) is 0.